The Morgan fingerprint density at radius 3 is 2.07 bits per heavy atom. The first-order valence-electron chi connectivity index (χ1n) is 3.65. The van der Waals surface area contributed by atoms with Gasteiger partial charge < -0.3 is 25.0 Å². The second-order valence-electron chi connectivity index (χ2n) is 2.68. The highest BCUT2D eigenvalue weighted by Gasteiger charge is 2.41. The Bertz CT molecular complexity index is 276. The van der Waals surface area contributed by atoms with Gasteiger partial charge in [-0.25, -0.2) is 4.79 Å². The molecule has 4 N–H and O–H groups in total. The lowest BCUT2D eigenvalue weighted by Crippen LogP contribution is -2.43. The van der Waals surface area contributed by atoms with Crippen molar-refractivity contribution in [3.05, 3.63) is 0 Å². The number of rotatable bonds is 6. The molecule has 0 fully saturated rings. The van der Waals surface area contributed by atoms with Gasteiger partial charge in [0.05, 0.1) is 12.8 Å². The number of carboxylic acid groups (broad SMARTS) is 2. The SMILES string of the molecule is O=C(O)CC(O)(CC(=O)O[B]O)C(=O)O. The minimum absolute atomic E-state index is 0.00533. The molecule has 0 aromatic rings. The van der Waals surface area contributed by atoms with E-state index in [1.165, 1.54) is 0 Å². The Balaban J connectivity index is 4.58. The maximum Gasteiger partial charge on any atom is 0.571 e. The molecule has 0 rings (SSSR count). The molecule has 83 valence electrons. The summed E-state index contributed by atoms with van der Waals surface area (Å²) in [6.07, 6.45) is -2.23. The van der Waals surface area contributed by atoms with Gasteiger partial charge in [0.25, 0.3) is 5.97 Å². The van der Waals surface area contributed by atoms with E-state index in [-0.39, 0.29) is 7.69 Å². The second-order valence-corrected chi connectivity index (χ2v) is 2.68. The predicted molar refractivity (Wildman–Crippen MR) is 43.5 cm³/mol. The van der Waals surface area contributed by atoms with Crippen LogP contribution in [-0.4, -0.2) is 51.5 Å². The van der Waals surface area contributed by atoms with Crippen LogP contribution < -0.4 is 0 Å². The van der Waals surface area contributed by atoms with Crippen LogP contribution in [0.1, 0.15) is 12.8 Å². The van der Waals surface area contributed by atoms with E-state index >= 15 is 0 Å². The Morgan fingerprint density at radius 1 is 1.20 bits per heavy atom. The van der Waals surface area contributed by atoms with Crippen LogP contribution in [0.15, 0.2) is 0 Å². The van der Waals surface area contributed by atoms with Crippen molar-refractivity contribution < 1.29 is 39.4 Å². The summed E-state index contributed by atoms with van der Waals surface area (Å²) in [7, 11) is 0.00533. The molecule has 1 unspecified atom stereocenters. The summed E-state index contributed by atoms with van der Waals surface area (Å²) in [5.41, 5.74) is -2.74. The van der Waals surface area contributed by atoms with Crippen LogP contribution in [0.2, 0.25) is 0 Å². The van der Waals surface area contributed by atoms with Crippen LogP contribution in [-0.2, 0) is 19.0 Å². The van der Waals surface area contributed by atoms with Crippen LogP contribution in [0.25, 0.3) is 0 Å². The summed E-state index contributed by atoms with van der Waals surface area (Å²) in [4.78, 5) is 31.4. The summed E-state index contributed by atoms with van der Waals surface area (Å²) in [6, 6.07) is 0. The maximum absolute atomic E-state index is 10.7. The van der Waals surface area contributed by atoms with Crippen molar-refractivity contribution in [2.45, 2.75) is 18.4 Å². The molecule has 9 heteroatoms. The van der Waals surface area contributed by atoms with E-state index in [1.54, 1.807) is 0 Å². The highest BCUT2D eigenvalue weighted by molar-refractivity contribution is 6.20. The lowest BCUT2D eigenvalue weighted by molar-refractivity contribution is -0.169. The van der Waals surface area contributed by atoms with Gasteiger partial charge in [-0.2, -0.15) is 0 Å². The third kappa shape index (κ3) is 4.43. The maximum atomic E-state index is 10.7. The van der Waals surface area contributed by atoms with Gasteiger partial charge in [0.15, 0.2) is 5.60 Å². The number of hydrogen-bond acceptors (Lipinski definition) is 6. The van der Waals surface area contributed by atoms with Gasteiger partial charge in [-0.15, -0.1) is 0 Å². The van der Waals surface area contributed by atoms with Crippen molar-refractivity contribution in [3.63, 3.8) is 0 Å². The summed E-state index contributed by atoms with van der Waals surface area (Å²) in [6.45, 7) is 0. The molecule has 0 bridgehead atoms. The van der Waals surface area contributed by atoms with E-state index in [9.17, 15) is 19.5 Å². The molecule has 0 aromatic carbocycles. The molecule has 15 heavy (non-hydrogen) atoms. The summed E-state index contributed by atoms with van der Waals surface area (Å²) >= 11 is 0. The minimum atomic E-state index is -2.74. The van der Waals surface area contributed by atoms with Crippen LogP contribution in [0.4, 0.5) is 0 Å². The summed E-state index contributed by atoms with van der Waals surface area (Å²) < 4.78 is 3.84. The average molecular weight is 219 g/mol. The van der Waals surface area contributed by atoms with Gasteiger partial charge in [-0.1, -0.05) is 0 Å². The standard InChI is InChI=1S/C6H8BO8/c8-3(9)1-6(13,5(11)12)2-4(10)15-7-14/h13-14H,1-2H2,(H,8,9)(H,11,12). The first kappa shape index (κ1) is 13.4. The first-order chi connectivity index (χ1) is 6.81. The normalized spacial score (nSPS) is 13.7. The van der Waals surface area contributed by atoms with Crippen molar-refractivity contribution in [2.75, 3.05) is 0 Å². The molecule has 0 spiro atoms. The molecule has 0 heterocycles. The molecule has 0 amide bonds. The highest BCUT2D eigenvalue weighted by atomic mass is 16.6. The van der Waals surface area contributed by atoms with Crippen molar-refractivity contribution in [2.24, 2.45) is 0 Å². The number of carboxylic acids is 2. The molecule has 8 nitrogen and oxygen atoms in total. The minimum Gasteiger partial charge on any atom is -0.511 e. The largest absolute Gasteiger partial charge is 0.571 e. The molecule has 0 aliphatic heterocycles. The molecule has 0 saturated carbocycles. The highest BCUT2D eigenvalue weighted by Crippen LogP contribution is 2.16. The molecule has 1 radical (unpaired) electrons. The van der Waals surface area contributed by atoms with E-state index in [0.29, 0.717) is 0 Å². The molecule has 0 aliphatic carbocycles. The first-order valence-corrected chi connectivity index (χ1v) is 3.65. The van der Waals surface area contributed by atoms with Crippen LogP contribution in [0, 0.1) is 0 Å². The van der Waals surface area contributed by atoms with Gasteiger partial charge in [-0.05, 0) is 0 Å². The molecular formula is C6H8BO8. The zero-order valence-electron chi connectivity index (χ0n) is 7.41. The lowest BCUT2D eigenvalue weighted by Gasteiger charge is -2.19. The van der Waals surface area contributed by atoms with E-state index in [4.69, 9.17) is 15.2 Å². The third-order valence-electron chi connectivity index (χ3n) is 1.46. The van der Waals surface area contributed by atoms with Crippen molar-refractivity contribution >= 4 is 25.6 Å². The zero-order valence-corrected chi connectivity index (χ0v) is 7.41. The van der Waals surface area contributed by atoms with Crippen molar-refractivity contribution in [1.82, 2.24) is 0 Å². The number of aliphatic hydroxyl groups is 1. The lowest BCUT2D eigenvalue weighted by atomic mass is 9.96. The third-order valence-corrected chi connectivity index (χ3v) is 1.46. The van der Waals surface area contributed by atoms with Gasteiger partial charge in [0, 0.05) is 0 Å². The van der Waals surface area contributed by atoms with Gasteiger partial charge in [-0.3, -0.25) is 9.59 Å². The zero-order chi connectivity index (χ0) is 12.1. The fraction of sp³-hybridized carbons (Fsp3) is 0.500. The fourth-order valence-electron chi connectivity index (χ4n) is 0.803. The molecule has 1 atom stereocenters. The number of aliphatic carboxylic acids is 2. The smallest absolute Gasteiger partial charge is 0.511 e. The summed E-state index contributed by atoms with van der Waals surface area (Å²) in [5.74, 6) is -4.70. The Hall–Kier alpha value is -1.61. The van der Waals surface area contributed by atoms with Gasteiger partial charge >= 0.3 is 19.6 Å². The molecule has 0 aliphatic rings. The molecule has 0 aromatic heterocycles. The second kappa shape index (κ2) is 5.32. The monoisotopic (exact) mass is 219 g/mol. The van der Waals surface area contributed by atoms with Gasteiger partial charge in [0.1, 0.15) is 0 Å². The predicted octanol–water partition coefficient (Wildman–Crippen LogP) is -2.26. The number of hydrogen-bond donors (Lipinski definition) is 4. The van der Waals surface area contributed by atoms with E-state index in [0.717, 1.165) is 0 Å². The number of carbonyl (C=O) groups excluding carboxylic acids is 1. The fourth-order valence-corrected chi connectivity index (χ4v) is 0.803. The van der Waals surface area contributed by atoms with Gasteiger partial charge in [0.2, 0.25) is 0 Å². The quantitative estimate of drug-likeness (QED) is 0.366. The Morgan fingerprint density at radius 2 is 1.73 bits per heavy atom. The van der Waals surface area contributed by atoms with Crippen LogP contribution in [0.3, 0.4) is 0 Å². The Labute approximate surface area is 84.4 Å². The van der Waals surface area contributed by atoms with Crippen molar-refractivity contribution in [1.29, 1.82) is 0 Å². The van der Waals surface area contributed by atoms with E-state index in [1.807, 2.05) is 0 Å². The molecular weight excluding hydrogens is 211 g/mol. The van der Waals surface area contributed by atoms with Crippen molar-refractivity contribution in [3.8, 4) is 0 Å². The van der Waals surface area contributed by atoms with Crippen LogP contribution in [0.5, 0.6) is 0 Å². The average Bonchev–Trinajstić information content (AvgIpc) is 2.01. The van der Waals surface area contributed by atoms with E-state index < -0.39 is 36.4 Å². The topological polar surface area (TPSA) is 141 Å². The van der Waals surface area contributed by atoms with E-state index in [2.05, 4.69) is 4.65 Å². The Kier molecular flexibility index (Phi) is 4.75. The molecule has 0 saturated heterocycles. The summed E-state index contributed by atoms with van der Waals surface area (Å²) in [5, 5.41) is 34.1. The number of carbonyl (C=O) groups is 3. The van der Waals surface area contributed by atoms with Crippen LogP contribution >= 0.6 is 0 Å².